The zero-order chi connectivity index (χ0) is 10.1. The maximum atomic E-state index is 5.57. The molecule has 0 saturated heterocycles. The van der Waals surface area contributed by atoms with E-state index >= 15 is 0 Å². The first-order valence-electron chi connectivity index (χ1n) is 5.52. The lowest BCUT2D eigenvalue weighted by Gasteiger charge is -2.19. The van der Waals surface area contributed by atoms with Crippen molar-refractivity contribution in [2.75, 3.05) is 13.2 Å². The van der Waals surface area contributed by atoms with Crippen molar-refractivity contribution in [3.63, 3.8) is 0 Å². The van der Waals surface area contributed by atoms with Gasteiger partial charge in [0.1, 0.15) is 13.2 Å². The molecule has 0 aromatic heterocycles. The minimum Gasteiger partial charge on any atom is -0.486 e. The predicted molar refractivity (Wildman–Crippen MR) is 59.3 cm³/mol. The Morgan fingerprint density at radius 2 is 1.87 bits per heavy atom. The molecule has 15 heavy (non-hydrogen) atoms. The summed E-state index contributed by atoms with van der Waals surface area (Å²) in [6, 6.07) is 6.25. The van der Waals surface area contributed by atoms with Crippen LogP contribution >= 0.6 is 0 Å². The lowest BCUT2D eigenvalue weighted by atomic mass is 10.0. The lowest BCUT2D eigenvalue weighted by molar-refractivity contribution is 0.171. The predicted octanol–water partition coefficient (Wildman–Crippen LogP) is 3.03. The van der Waals surface area contributed by atoms with Crippen molar-refractivity contribution in [3.8, 4) is 11.5 Å². The molecule has 1 aliphatic carbocycles. The summed E-state index contributed by atoms with van der Waals surface area (Å²) in [5.74, 6) is 1.77. The summed E-state index contributed by atoms with van der Waals surface area (Å²) in [5.41, 5.74) is 2.74. The summed E-state index contributed by atoms with van der Waals surface area (Å²) in [4.78, 5) is 0. The monoisotopic (exact) mass is 202 g/mol. The highest BCUT2D eigenvalue weighted by atomic mass is 16.6. The molecular weight excluding hydrogens is 188 g/mol. The van der Waals surface area contributed by atoms with E-state index in [2.05, 4.69) is 18.2 Å². The van der Waals surface area contributed by atoms with Crippen LogP contribution in [0.3, 0.4) is 0 Å². The Balaban J connectivity index is 1.96. The zero-order valence-corrected chi connectivity index (χ0v) is 8.66. The summed E-state index contributed by atoms with van der Waals surface area (Å²) in [6.07, 6.45) is 6.01. The first kappa shape index (κ1) is 8.84. The molecule has 0 atom stereocenters. The van der Waals surface area contributed by atoms with Gasteiger partial charge in [-0.25, -0.2) is 0 Å². The van der Waals surface area contributed by atoms with Gasteiger partial charge in [0, 0.05) is 0 Å². The Morgan fingerprint density at radius 1 is 1.00 bits per heavy atom. The maximum absolute atomic E-state index is 5.57. The van der Waals surface area contributed by atoms with E-state index in [1.807, 2.05) is 6.07 Å². The van der Waals surface area contributed by atoms with Crippen molar-refractivity contribution in [1.82, 2.24) is 0 Å². The second kappa shape index (κ2) is 3.61. The van der Waals surface area contributed by atoms with E-state index in [0.717, 1.165) is 11.5 Å². The van der Waals surface area contributed by atoms with E-state index in [1.165, 1.54) is 30.4 Å². The van der Waals surface area contributed by atoms with E-state index < -0.39 is 0 Å². The van der Waals surface area contributed by atoms with Gasteiger partial charge in [-0.2, -0.15) is 0 Å². The van der Waals surface area contributed by atoms with Crippen LogP contribution in [-0.4, -0.2) is 13.2 Å². The second-order valence-corrected chi connectivity index (χ2v) is 3.98. The Labute approximate surface area is 89.5 Å². The number of benzene rings is 1. The molecule has 0 fully saturated rings. The number of hydrogen-bond donors (Lipinski definition) is 0. The topological polar surface area (TPSA) is 18.5 Å². The highest BCUT2D eigenvalue weighted by Crippen LogP contribution is 2.35. The van der Waals surface area contributed by atoms with E-state index in [9.17, 15) is 0 Å². The fourth-order valence-corrected chi connectivity index (χ4v) is 2.18. The van der Waals surface area contributed by atoms with Crippen LogP contribution < -0.4 is 9.47 Å². The molecule has 0 amide bonds. The van der Waals surface area contributed by atoms with Crippen LogP contribution in [0.5, 0.6) is 11.5 Å². The molecule has 1 aliphatic heterocycles. The van der Waals surface area contributed by atoms with Gasteiger partial charge in [0.25, 0.3) is 0 Å². The summed E-state index contributed by atoms with van der Waals surface area (Å²) < 4.78 is 11.1. The Kier molecular flexibility index (Phi) is 2.13. The van der Waals surface area contributed by atoms with E-state index in [4.69, 9.17) is 9.47 Å². The highest BCUT2D eigenvalue weighted by Gasteiger charge is 2.14. The molecule has 0 N–H and O–H groups in total. The first-order valence-corrected chi connectivity index (χ1v) is 5.52. The lowest BCUT2D eigenvalue weighted by Crippen LogP contribution is -2.15. The van der Waals surface area contributed by atoms with Gasteiger partial charge >= 0.3 is 0 Å². The standard InChI is InChI=1S/C13H14O2/c1-2-4-10(3-1)11-5-6-12-13(9-11)15-8-7-14-12/h3,5-6,9H,1-2,4,7-8H2. The number of ether oxygens (including phenoxy) is 2. The van der Waals surface area contributed by atoms with E-state index in [1.54, 1.807) is 0 Å². The fourth-order valence-electron chi connectivity index (χ4n) is 2.18. The molecule has 0 saturated carbocycles. The van der Waals surface area contributed by atoms with Crippen LogP contribution in [0.25, 0.3) is 5.57 Å². The third kappa shape index (κ3) is 1.60. The van der Waals surface area contributed by atoms with Gasteiger partial charge in [-0.3, -0.25) is 0 Å². The number of hydrogen-bond acceptors (Lipinski definition) is 2. The minimum atomic E-state index is 0.662. The average molecular weight is 202 g/mol. The third-order valence-electron chi connectivity index (χ3n) is 2.95. The van der Waals surface area contributed by atoms with Crippen LogP contribution in [0.2, 0.25) is 0 Å². The number of fused-ring (bicyclic) bond motifs is 1. The van der Waals surface area contributed by atoms with Crippen molar-refractivity contribution in [2.45, 2.75) is 19.3 Å². The van der Waals surface area contributed by atoms with Crippen LogP contribution in [0, 0.1) is 0 Å². The largest absolute Gasteiger partial charge is 0.486 e. The summed E-state index contributed by atoms with van der Waals surface area (Å²) in [7, 11) is 0. The van der Waals surface area contributed by atoms with Gasteiger partial charge in [0.2, 0.25) is 0 Å². The Morgan fingerprint density at radius 3 is 2.67 bits per heavy atom. The van der Waals surface area contributed by atoms with Gasteiger partial charge in [-0.1, -0.05) is 12.1 Å². The van der Waals surface area contributed by atoms with E-state index in [0.29, 0.717) is 13.2 Å². The zero-order valence-electron chi connectivity index (χ0n) is 8.66. The average Bonchev–Trinajstić information content (AvgIpc) is 2.82. The molecule has 0 radical (unpaired) electrons. The van der Waals surface area contributed by atoms with Gasteiger partial charge < -0.3 is 9.47 Å². The van der Waals surface area contributed by atoms with Crippen molar-refractivity contribution in [3.05, 3.63) is 29.8 Å². The molecule has 1 heterocycles. The molecule has 78 valence electrons. The maximum Gasteiger partial charge on any atom is 0.161 e. The first-order chi connectivity index (χ1) is 7.43. The van der Waals surface area contributed by atoms with Crippen LogP contribution in [0.15, 0.2) is 24.3 Å². The summed E-state index contributed by atoms with van der Waals surface area (Å²) in [5, 5.41) is 0. The van der Waals surface area contributed by atoms with Gasteiger partial charge in [-0.05, 0) is 42.5 Å². The molecule has 2 aliphatic rings. The van der Waals surface area contributed by atoms with Crippen LogP contribution in [0.4, 0.5) is 0 Å². The molecule has 1 aromatic rings. The van der Waals surface area contributed by atoms with Crippen molar-refractivity contribution in [1.29, 1.82) is 0 Å². The van der Waals surface area contributed by atoms with Crippen LogP contribution in [-0.2, 0) is 0 Å². The van der Waals surface area contributed by atoms with Crippen LogP contribution in [0.1, 0.15) is 24.8 Å². The highest BCUT2D eigenvalue weighted by molar-refractivity contribution is 5.69. The molecule has 1 aromatic carbocycles. The normalized spacial score (nSPS) is 18.8. The SMILES string of the molecule is C1=C(c2ccc3c(c2)OCCO3)CCC1. The molecule has 0 bridgehead atoms. The molecular formula is C13H14O2. The molecule has 2 heteroatoms. The van der Waals surface area contributed by atoms with Gasteiger partial charge in [0.15, 0.2) is 11.5 Å². The quantitative estimate of drug-likeness (QED) is 0.697. The van der Waals surface area contributed by atoms with E-state index in [-0.39, 0.29) is 0 Å². The molecule has 2 nitrogen and oxygen atoms in total. The van der Waals surface area contributed by atoms with Gasteiger partial charge in [-0.15, -0.1) is 0 Å². The molecule has 0 unspecified atom stereocenters. The number of rotatable bonds is 1. The van der Waals surface area contributed by atoms with Crippen molar-refractivity contribution < 1.29 is 9.47 Å². The summed E-state index contributed by atoms with van der Waals surface area (Å²) >= 11 is 0. The minimum absolute atomic E-state index is 0.662. The van der Waals surface area contributed by atoms with Crippen molar-refractivity contribution >= 4 is 5.57 Å². The van der Waals surface area contributed by atoms with Crippen molar-refractivity contribution in [2.24, 2.45) is 0 Å². The molecule has 3 rings (SSSR count). The third-order valence-corrected chi connectivity index (χ3v) is 2.95. The Hall–Kier alpha value is -1.44. The second-order valence-electron chi connectivity index (χ2n) is 3.98. The smallest absolute Gasteiger partial charge is 0.161 e. The Bertz CT molecular complexity index is 407. The summed E-state index contributed by atoms with van der Waals surface area (Å²) in [6.45, 7) is 1.32. The number of allylic oxidation sites excluding steroid dienone is 2. The van der Waals surface area contributed by atoms with Gasteiger partial charge in [0.05, 0.1) is 0 Å². The molecule has 0 spiro atoms. The fraction of sp³-hybridized carbons (Fsp3) is 0.385.